The number of ketones is 1. The fourth-order valence-electron chi connectivity index (χ4n) is 3.67. The summed E-state index contributed by atoms with van der Waals surface area (Å²) in [5.74, 6) is -0.456. The van der Waals surface area contributed by atoms with Crippen LogP contribution in [-0.4, -0.2) is 93.6 Å². The second-order valence-corrected chi connectivity index (χ2v) is 8.02. The van der Waals surface area contributed by atoms with Gasteiger partial charge in [-0.25, -0.2) is 0 Å². The van der Waals surface area contributed by atoms with Crippen LogP contribution in [0.4, 0.5) is 0 Å². The molecule has 1 unspecified atom stereocenters. The minimum Gasteiger partial charge on any atom is -0.396 e. The molecule has 9 heteroatoms. The Labute approximate surface area is 169 Å². The number of hydrogen-bond donors (Lipinski definition) is 6. The molecule has 0 amide bonds. The lowest BCUT2D eigenvalue weighted by molar-refractivity contribution is -0.305. The molecule has 1 saturated heterocycles. The van der Waals surface area contributed by atoms with Crippen LogP contribution < -0.4 is 0 Å². The molecule has 1 heterocycles. The first-order chi connectivity index (χ1) is 13.7. The number of ether oxygens (including phenoxy) is 2. The zero-order chi connectivity index (χ0) is 21.8. The number of aliphatic hydroxyl groups excluding tert-OH is 6. The van der Waals surface area contributed by atoms with Crippen molar-refractivity contribution in [1.82, 2.24) is 0 Å². The maximum absolute atomic E-state index is 12.2. The lowest BCUT2D eigenvalue weighted by Crippen LogP contribution is -2.59. The third kappa shape index (κ3) is 5.31. The average molecular weight is 416 g/mol. The second kappa shape index (κ2) is 10.2. The molecule has 6 N–H and O–H groups in total. The quantitative estimate of drug-likeness (QED) is 0.281. The number of hydrogen-bond acceptors (Lipinski definition) is 9. The first-order valence-corrected chi connectivity index (χ1v) is 9.75. The third-order valence-electron chi connectivity index (χ3n) is 5.80. The SMILES string of the molecule is CC1=C(/C=C/C(CO)CO)C(C)(CO[C@@H]2O[C@H](CO)[C@@H](O)[C@H](O)[C@H]2O)CCC1=O. The van der Waals surface area contributed by atoms with Gasteiger partial charge in [-0.3, -0.25) is 4.79 Å². The van der Waals surface area contributed by atoms with Crippen molar-refractivity contribution < 1.29 is 44.9 Å². The second-order valence-electron chi connectivity index (χ2n) is 8.02. The Hall–Kier alpha value is -1.17. The van der Waals surface area contributed by atoms with E-state index in [2.05, 4.69) is 0 Å². The zero-order valence-electron chi connectivity index (χ0n) is 16.8. The van der Waals surface area contributed by atoms with E-state index in [1.54, 1.807) is 19.1 Å². The summed E-state index contributed by atoms with van der Waals surface area (Å²) in [5.41, 5.74) is 0.634. The molecule has 2 rings (SSSR count). The summed E-state index contributed by atoms with van der Waals surface area (Å²) in [7, 11) is 0. The van der Waals surface area contributed by atoms with Crippen molar-refractivity contribution in [3.8, 4) is 0 Å². The minimum atomic E-state index is -1.53. The van der Waals surface area contributed by atoms with Gasteiger partial charge in [-0.2, -0.15) is 0 Å². The highest BCUT2D eigenvalue weighted by molar-refractivity contribution is 5.97. The van der Waals surface area contributed by atoms with Crippen molar-refractivity contribution in [2.24, 2.45) is 11.3 Å². The fourth-order valence-corrected chi connectivity index (χ4v) is 3.67. The van der Waals surface area contributed by atoms with E-state index in [0.717, 1.165) is 0 Å². The molecular formula is C20H32O9. The van der Waals surface area contributed by atoms with Crippen LogP contribution in [0.3, 0.4) is 0 Å². The van der Waals surface area contributed by atoms with Gasteiger partial charge in [0.15, 0.2) is 12.1 Å². The molecular weight excluding hydrogens is 384 g/mol. The van der Waals surface area contributed by atoms with Crippen LogP contribution in [0, 0.1) is 11.3 Å². The van der Waals surface area contributed by atoms with E-state index in [1.165, 1.54) is 0 Å². The molecule has 1 aliphatic carbocycles. The Balaban J connectivity index is 2.19. The summed E-state index contributed by atoms with van der Waals surface area (Å²) in [4.78, 5) is 12.2. The first-order valence-electron chi connectivity index (χ1n) is 9.75. The van der Waals surface area contributed by atoms with Gasteiger partial charge in [0.25, 0.3) is 0 Å². The molecule has 6 atom stereocenters. The molecule has 29 heavy (non-hydrogen) atoms. The Morgan fingerprint density at radius 3 is 2.41 bits per heavy atom. The molecule has 0 bridgehead atoms. The number of allylic oxidation sites excluding steroid dienone is 2. The van der Waals surface area contributed by atoms with Crippen molar-refractivity contribution in [3.05, 3.63) is 23.3 Å². The molecule has 0 aromatic heterocycles. The molecule has 0 aromatic carbocycles. The number of carbonyl (C=O) groups is 1. The van der Waals surface area contributed by atoms with Crippen LogP contribution in [0.1, 0.15) is 26.7 Å². The van der Waals surface area contributed by atoms with Crippen LogP contribution in [0.25, 0.3) is 0 Å². The topological polar surface area (TPSA) is 157 Å². The predicted molar refractivity (Wildman–Crippen MR) is 102 cm³/mol. The number of carbonyl (C=O) groups excluding carboxylic acids is 1. The first kappa shape index (κ1) is 24.1. The maximum atomic E-state index is 12.2. The third-order valence-corrected chi connectivity index (χ3v) is 5.80. The van der Waals surface area contributed by atoms with E-state index < -0.39 is 48.6 Å². The summed E-state index contributed by atoms with van der Waals surface area (Å²) in [5, 5.41) is 57.8. The van der Waals surface area contributed by atoms with Crippen molar-refractivity contribution in [1.29, 1.82) is 0 Å². The highest BCUT2D eigenvalue weighted by atomic mass is 16.7. The van der Waals surface area contributed by atoms with Gasteiger partial charge in [-0.05, 0) is 24.5 Å². The molecule has 0 saturated carbocycles. The van der Waals surface area contributed by atoms with Gasteiger partial charge >= 0.3 is 0 Å². The van der Waals surface area contributed by atoms with Crippen LogP contribution in [0.5, 0.6) is 0 Å². The molecule has 1 fully saturated rings. The van der Waals surface area contributed by atoms with E-state index >= 15 is 0 Å². The lowest BCUT2D eigenvalue weighted by atomic mass is 9.71. The maximum Gasteiger partial charge on any atom is 0.186 e. The Bertz CT molecular complexity index is 625. The van der Waals surface area contributed by atoms with Crippen LogP contribution in [-0.2, 0) is 14.3 Å². The predicted octanol–water partition coefficient (Wildman–Crippen LogP) is -1.35. The average Bonchev–Trinajstić information content (AvgIpc) is 2.71. The highest BCUT2D eigenvalue weighted by Crippen LogP contribution is 2.41. The summed E-state index contributed by atoms with van der Waals surface area (Å²) >= 11 is 0. The Kier molecular flexibility index (Phi) is 8.50. The normalized spacial score (nSPS) is 36.4. The molecule has 166 valence electrons. The summed E-state index contributed by atoms with van der Waals surface area (Å²) < 4.78 is 11.1. The van der Waals surface area contributed by atoms with Gasteiger partial charge in [-0.15, -0.1) is 0 Å². The van der Waals surface area contributed by atoms with Crippen molar-refractivity contribution in [2.75, 3.05) is 26.4 Å². The van der Waals surface area contributed by atoms with Gasteiger partial charge < -0.3 is 40.1 Å². The summed E-state index contributed by atoms with van der Waals surface area (Å²) in [6.45, 7) is 2.63. The van der Waals surface area contributed by atoms with Crippen LogP contribution in [0.15, 0.2) is 23.3 Å². The van der Waals surface area contributed by atoms with Crippen molar-refractivity contribution in [3.63, 3.8) is 0 Å². The fraction of sp³-hybridized carbons (Fsp3) is 0.750. The van der Waals surface area contributed by atoms with Gasteiger partial charge in [0.2, 0.25) is 0 Å². The van der Waals surface area contributed by atoms with Gasteiger partial charge in [0, 0.05) is 17.8 Å². The molecule has 0 radical (unpaired) electrons. The van der Waals surface area contributed by atoms with Crippen molar-refractivity contribution >= 4 is 5.78 Å². The van der Waals surface area contributed by atoms with Crippen molar-refractivity contribution in [2.45, 2.75) is 57.4 Å². The minimum absolute atomic E-state index is 0.000452. The monoisotopic (exact) mass is 416 g/mol. The lowest BCUT2D eigenvalue weighted by Gasteiger charge is -2.42. The van der Waals surface area contributed by atoms with E-state index in [9.17, 15) is 35.4 Å². The molecule has 2 aliphatic rings. The number of rotatable bonds is 8. The number of aliphatic hydroxyl groups is 6. The zero-order valence-corrected chi connectivity index (χ0v) is 16.8. The van der Waals surface area contributed by atoms with Gasteiger partial charge in [0.05, 0.1) is 26.4 Å². The van der Waals surface area contributed by atoms with E-state index in [-0.39, 0.29) is 25.6 Å². The van der Waals surface area contributed by atoms with Crippen LogP contribution >= 0.6 is 0 Å². The molecule has 0 aromatic rings. The number of Topliss-reactive ketones (excluding diaryl/α,β-unsaturated/α-hetero) is 1. The highest BCUT2D eigenvalue weighted by Gasteiger charge is 2.45. The van der Waals surface area contributed by atoms with Gasteiger partial charge in [-0.1, -0.05) is 19.1 Å². The molecule has 1 aliphatic heterocycles. The standard InChI is InChI=1S/C20H32O9/c1-11-13(4-3-12(7-21)8-22)20(2,6-5-14(11)24)10-28-19-18(27)17(26)16(25)15(9-23)29-19/h3-4,12,15-19,21-23,25-27H,5-10H2,1-2H3/b4-3+/t15-,16-,17+,18-,19-,20?/m1/s1. The van der Waals surface area contributed by atoms with E-state index in [0.29, 0.717) is 24.0 Å². The molecule has 9 nitrogen and oxygen atoms in total. The van der Waals surface area contributed by atoms with E-state index in [1.807, 2.05) is 6.92 Å². The Morgan fingerprint density at radius 2 is 1.83 bits per heavy atom. The van der Waals surface area contributed by atoms with E-state index in [4.69, 9.17) is 9.47 Å². The summed E-state index contributed by atoms with van der Waals surface area (Å²) in [6, 6.07) is 0. The largest absolute Gasteiger partial charge is 0.396 e. The van der Waals surface area contributed by atoms with Gasteiger partial charge in [0.1, 0.15) is 24.4 Å². The molecule has 0 spiro atoms. The smallest absolute Gasteiger partial charge is 0.186 e. The Morgan fingerprint density at radius 1 is 1.17 bits per heavy atom. The summed E-state index contributed by atoms with van der Waals surface area (Å²) in [6.07, 6.45) is -2.67. The van der Waals surface area contributed by atoms with Crippen LogP contribution in [0.2, 0.25) is 0 Å².